The standard InChI is InChI=1S/C18H32N3O4P/c1-14(2)21(15(3)4)26(24-9-6-7-19)25-12-11-23-10-8-20-18(22)17-13-16(17)5/h13-15,17H,6,8-12H2,1-5H3,(H,20,22). The van der Waals surface area contributed by atoms with E-state index in [-0.39, 0.29) is 23.9 Å². The van der Waals surface area contributed by atoms with E-state index in [2.05, 4.69) is 43.8 Å². The number of ether oxygens (including phenoxy) is 1. The second kappa shape index (κ2) is 12.4. The average molecular weight is 385 g/mol. The van der Waals surface area contributed by atoms with Crippen LogP contribution in [0, 0.1) is 17.2 Å². The van der Waals surface area contributed by atoms with Crippen LogP contribution in [-0.2, 0) is 18.6 Å². The summed E-state index contributed by atoms with van der Waals surface area (Å²) in [7, 11) is -1.23. The van der Waals surface area contributed by atoms with E-state index in [1.54, 1.807) is 0 Å². The van der Waals surface area contributed by atoms with Crippen molar-refractivity contribution in [1.82, 2.24) is 9.99 Å². The van der Waals surface area contributed by atoms with Gasteiger partial charge in [0.25, 0.3) is 8.53 Å². The smallest absolute Gasteiger partial charge is 0.259 e. The quantitative estimate of drug-likeness (QED) is 0.281. The van der Waals surface area contributed by atoms with Gasteiger partial charge in [0.05, 0.1) is 44.8 Å². The first-order chi connectivity index (χ1) is 12.4. The molecule has 7 nitrogen and oxygen atoms in total. The van der Waals surface area contributed by atoms with Crippen LogP contribution in [0.5, 0.6) is 0 Å². The number of nitriles is 1. The predicted octanol–water partition coefficient (Wildman–Crippen LogP) is 2.99. The minimum absolute atomic E-state index is 0.00880. The zero-order valence-electron chi connectivity index (χ0n) is 16.5. The second-order valence-corrected chi connectivity index (χ2v) is 8.13. The second-order valence-electron chi connectivity index (χ2n) is 6.67. The Hall–Kier alpha value is -1.03. The van der Waals surface area contributed by atoms with Gasteiger partial charge in [-0.1, -0.05) is 11.6 Å². The molecule has 2 atom stereocenters. The maximum absolute atomic E-state index is 11.6. The van der Waals surface area contributed by atoms with Crippen LogP contribution in [0.25, 0.3) is 0 Å². The molecular weight excluding hydrogens is 353 g/mol. The number of rotatable bonds is 14. The van der Waals surface area contributed by atoms with Crippen LogP contribution in [0.1, 0.15) is 41.0 Å². The van der Waals surface area contributed by atoms with Gasteiger partial charge in [0, 0.05) is 18.6 Å². The Morgan fingerprint density at radius 2 is 1.85 bits per heavy atom. The molecular formula is C18H32N3O4P. The lowest BCUT2D eigenvalue weighted by Crippen LogP contribution is -2.34. The highest BCUT2D eigenvalue weighted by Gasteiger charge is 2.28. The van der Waals surface area contributed by atoms with Crippen LogP contribution in [0.4, 0.5) is 0 Å². The maximum atomic E-state index is 11.6. The van der Waals surface area contributed by atoms with Crippen LogP contribution in [-0.4, -0.2) is 55.6 Å². The van der Waals surface area contributed by atoms with Crippen molar-refractivity contribution in [3.8, 4) is 6.07 Å². The number of hydrogen-bond acceptors (Lipinski definition) is 6. The Balaban J connectivity index is 2.23. The molecule has 1 amide bonds. The number of carbonyl (C=O) groups is 1. The summed E-state index contributed by atoms with van der Waals surface area (Å²) < 4.78 is 19.4. The molecule has 0 aromatic heterocycles. The summed E-state index contributed by atoms with van der Waals surface area (Å²) in [5, 5.41) is 11.5. The molecule has 1 aliphatic carbocycles. The van der Waals surface area contributed by atoms with Crippen molar-refractivity contribution >= 4 is 14.4 Å². The van der Waals surface area contributed by atoms with Crippen molar-refractivity contribution < 1.29 is 18.6 Å². The topological polar surface area (TPSA) is 83.8 Å². The summed E-state index contributed by atoms with van der Waals surface area (Å²) in [6.45, 7) is 12.5. The van der Waals surface area contributed by atoms with Crippen molar-refractivity contribution in [2.45, 2.75) is 53.1 Å². The summed E-state index contributed by atoms with van der Waals surface area (Å²) in [4.78, 5) is 11.6. The molecule has 1 rings (SSSR count). The number of carbonyl (C=O) groups excluding carboxylic acids is 1. The van der Waals surface area contributed by atoms with Crippen LogP contribution in [0.2, 0.25) is 0 Å². The Bertz CT molecular complexity index is 497. The third kappa shape index (κ3) is 8.57. The van der Waals surface area contributed by atoms with Gasteiger partial charge in [-0.2, -0.15) is 5.26 Å². The van der Waals surface area contributed by atoms with Crippen molar-refractivity contribution in [1.29, 1.82) is 5.26 Å². The zero-order valence-corrected chi connectivity index (χ0v) is 17.4. The van der Waals surface area contributed by atoms with E-state index in [1.165, 1.54) is 0 Å². The van der Waals surface area contributed by atoms with Gasteiger partial charge in [0.2, 0.25) is 5.91 Å². The number of hydrogen-bond donors (Lipinski definition) is 1. The van der Waals surface area contributed by atoms with Crippen LogP contribution in [0.3, 0.4) is 0 Å². The molecule has 2 unspecified atom stereocenters. The summed E-state index contributed by atoms with van der Waals surface area (Å²) >= 11 is 0. The van der Waals surface area contributed by atoms with E-state index in [9.17, 15) is 4.79 Å². The van der Waals surface area contributed by atoms with Crippen LogP contribution < -0.4 is 5.32 Å². The minimum atomic E-state index is -1.23. The summed E-state index contributed by atoms with van der Waals surface area (Å²) in [5.41, 5.74) is 1.13. The lowest BCUT2D eigenvalue weighted by atomic mass is 10.3. The minimum Gasteiger partial charge on any atom is -0.377 e. The Labute approximate surface area is 158 Å². The van der Waals surface area contributed by atoms with E-state index in [1.807, 2.05) is 13.0 Å². The highest BCUT2D eigenvalue weighted by Crippen LogP contribution is 2.45. The first kappa shape index (κ1) is 23.0. The molecule has 0 spiro atoms. The summed E-state index contributed by atoms with van der Waals surface area (Å²) in [6.07, 6.45) is 2.28. The van der Waals surface area contributed by atoms with Crippen molar-refractivity contribution in [3.05, 3.63) is 11.6 Å². The molecule has 0 aromatic carbocycles. The van der Waals surface area contributed by atoms with Gasteiger partial charge in [-0.05, 0) is 34.6 Å². The molecule has 0 aliphatic heterocycles. The molecule has 0 saturated carbocycles. The lowest BCUT2D eigenvalue weighted by molar-refractivity contribution is -0.122. The molecule has 0 radical (unpaired) electrons. The van der Waals surface area contributed by atoms with Gasteiger partial charge in [0.1, 0.15) is 0 Å². The maximum Gasteiger partial charge on any atom is 0.259 e. The fourth-order valence-corrected chi connectivity index (χ4v) is 4.02. The Morgan fingerprint density at radius 1 is 1.23 bits per heavy atom. The fraction of sp³-hybridized carbons (Fsp3) is 0.778. The molecule has 0 saturated heterocycles. The first-order valence-electron chi connectivity index (χ1n) is 9.13. The fourth-order valence-electron chi connectivity index (χ4n) is 2.44. The lowest BCUT2D eigenvalue weighted by Gasteiger charge is -2.35. The largest absolute Gasteiger partial charge is 0.377 e. The van der Waals surface area contributed by atoms with E-state index in [0.29, 0.717) is 39.4 Å². The van der Waals surface area contributed by atoms with E-state index in [4.69, 9.17) is 19.0 Å². The van der Waals surface area contributed by atoms with Gasteiger partial charge in [-0.25, -0.2) is 4.67 Å². The van der Waals surface area contributed by atoms with Crippen molar-refractivity contribution in [3.63, 3.8) is 0 Å². The highest BCUT2D eigenvalue weighted by molar-refractivity contribution is 7.44. The molecule has 8 heteroatoms. The van der Waals surface area contributed by atoms with Gasteiger partial charge < -0.3 is 19.1 Å². The molecule has 26 heavy (non-hydrogen) atoms. The van der Waals surface area contributed by atoms with Crippen LogP contribution in [0.15, 0.2) is 11.6 Å². The molecule has 0 heterocycles. The normalized spacial score (nSPS) is 17.3. The molecule has 0 fully saturated rings. The molecule has 0 aromatic rings. The molecule has 0 bridgehead atoms. The zero-order chi connectivity index (χ0) is 19.5. The monoisotopic (exact) mass is 385 g/mol. The van der Waals surface area contributed by atoms with Gasteiger partial charge in [0.15, 0.2) is 0 Å². The Morgan fingerprint density at radius 3 is 2.38 bits per heavy atom. The molecule has 1 N–H and O–H groups in total. The summed E-state index contributed by atoms with van der Waals surface area (Å²) in [5.74, 6) is 0.0340. The van der Waals surface area contributed by atoms with Crippen molar-refractivity contribution in [2.75, 3.05) is 33.0 Å². The third-order valence-electron chi connectivity index (χ3n) is 3.73. The molecule has 1 aliphatic rings. The predicted molar refractivity (Wildman–Crippen MR) is 102 cm³/mol. The highest BCUT2D eigenvalue weighted by atomic mass is 31.2. The van der Waals surface area contributed by atoms with Crippen molar-refractivity contribution in [2.24, 2.45) is 5.92 Å². The number of nitrogens with zero attached hydrogens (tertiary/aromatic N) is 2. The van der Waals surface area contributed by atoms with E-state index in [0.717, 1.165) is 5.57 Å². The number of amides is 1. The molecule has 148 valence electrons. The average Bonchev–Trinajstić information content (AvgIpc) is 3.29. The van der Waals surface area contributed by atoms with Gasteiger partial charge in [-0.15, -0.1) is 0 Å². The SMILES string of the molecule is CC1=CC1C(=O)NCCOCCOP(OCCC#N)N(C(C)C)C(C)C. The Kier molecular flexibility index (Phi) is 11.0. The van der Waals surface area contributed by atoms with E-state index < -0.39 is 8.53 Å². The third-order valence-corrected chi connectivity index (χ3v) is 5.84. The number of nitrogens with one attached hydrogen (secondary N) is 1. The van der Waals surface area contributed by atoms with Gasteiger partial charge in [-0.3, -0.25) is 4.79 Å². The summed E-state index contributed by atoms with van der Waals surface area (Å²) in [6, 6.07) is 2.64. The van der Waals surface area contributed by atoms with E-state index >= 15 is 0 Å². The van der Waals surface area contributed by atoms with Gasteiger partial charge >= 0.3 is 0 Å². The first-order valence-corrected chi connectivity index (χ1v) is 10.3. The van der Waals surface area contributed by atoms with Crippen LogP contribution >= 0.6 is 8.53 Å².